The number of aliphatic hydroxyl groups excluding tert-OH is 3. The Bertz CT molecular complexity index is 747. The average Bonchev–Trinajstić information content (AvgIpc) is 3.13. The van der Waals surface area contributed by atoms with Crippen LogP contribution in [0.3, 0.4) is 0 Å². The number of benzene rings is 1. The third-order valence-electron chi connectivity index (χ3n) is 6.04. The van der Waals surface area contributed by atoms with Crippen molar-refractivity contribution >= 4 is 18.6 Å². The zero-order valence-corrected chi connectivity index (χ0v) is 18.1. The van der Waals surface area contributed by atoms with Gasteiger partial charge in [0.15, 0.2) is 0 Å². The molecule has 1 saturated heterocycles. The summed E-state index contributed by atoms with van der Waals surface area (Å²) in [6.07, 6.45) is -3.94. The van der Waals surface area contributed by atoms with Gasteiger partial charge in [0.05, 0.1) is 24.9 Å². The van der Waals surface area contributed by atoms with Crippen molar-refractivity contribution in [2.24, 2.45) is 5.73 Å². The minimum Gasteiger partial charge on any atom is -0.663 e. The van der Waals surface area contributed by atoms with Crippen LogP contribution in [0.15, 0.2) is 0 Å². The van der Waals surface area contributed by atoms with E-state index in [2.05, 4.69) is 5.32 Å². The Balaban J connectivity index is 2.39. The van der Waals surface area contributed by atoms with E-state index in [1.807, 2.05) is 27.7 Å². The smallest absolute Gasteiger partial charge is 0.495 e. The van der Waals surface area contributed by atoms with Crippen LogP contribution in [-0.2, 0) is 20.5 Å². The van der Waals surface area contributed by atoms with Crippen LogP contribution in [0.5, 0.6) is 0 Å². The van der Waals surface area contributed by atoms with Crippen molar-refractivity contribution in [1.82, 2.24) is 0 Å². The first-order valence-electron chi connectivity index (χ1n) is 9.96. The lowest BCUT2D eigenvalue weighted by atomic mass is 9.70. The molecule has 0 radical (unpaired) electrons. The summed E-state index contributed by atoms with van der Waals surface area (Å²) in [5, 5.41) is 43.3. The molecule has 1 unspecified atom stereocenters. The Morgan fingerprint density at radius 1 is 1.13 bits per heavy atom. The Morgan fingerprint density at radius 3 is 2.17 bits per heavy atom. The fourth-order valence-electron chi connectivity index (χ4n) is 3.98. The minimum absolute atomic E-state index is 0.0403. The molecule has 0 saturated carbocycles. The van der Waals surface area contributed by atoms with Gasteiger partial charge in [-0.15, -0.1) is 6.54 Å². The number of hydrogen-bond acceptors (Lipinski definition) is 7. The van der Waals surface area contributed by atoms with Crippen molar-refractivity contribution in [2.45, 2.75) is 64.6 Å². The minimum atomic E-state index is -1.27. The molecule has 0 bridgehead atoms. The van der Waals surface area contributed by atoms with Gasteiger partial charge < -0.3 is 40.8 Å². The number of carboxylic acids is 1. The molecule has 1 aliphatic rings. The molecule has 10 heteroatoms. The average molecular weight is 423 g/mol. The van der Waals surface area contributed by atoms with E-state index in [-0.39, 0.29) is 19.6 Å². The van der Waals surface area contributed by atoms with Gasteiger partial charge in [-0.3, -0.25) is 4.79 Å². The van der Waals surface area contributed by atoms with E-state index in [1.54, 1.807) is 0 Å². The van der Waals surface area contributed by atoms with E-state index < -0.39 is 43.5 Å². The van der Waals surface area contributed by atoms with E-state index >= 15 is 0 Å². The van der Waals surface area contributed by atoms with Crippen molar-refractivity contribution < 1.29 is 34.5 Å². The number of nitrogens with two attached hydrogens (primary N) is 1. The molecule has 5 atom stereocenters. The zero-order valence-electron chi connectivity index (χ0n) is 18.1. The van der Waals surface area contributed by atoms with Crippen LogP contribution in [0.2, 0.25) is 0 Å². The van der Waals surface area contributed by atoms with Crippen molar-refractivity contribution in [1.29, 1.82) is 0 Å². The monoisotopic (exact) mass is 423 g/mol. The molecule has 1 heterocycles. The fourth-order valence-corrected chi connectivity index (χ4v) is 3.98. The Hall–Kier alpha value is -1.53. The SMILES string of the molecule is C[N-]C[C@H](O)[C@@H](O)[C@@H]1OB(c2c(C)c(C)c(CC(N)C(=O)O)c(C)c2C)O[C@@H]1CO. The van der Waals surface area contributed by atoms with Crippen LogP contribution in [-0.4, -0.2) is 84.2 Å². The molecule has 1 aromatic rings. The van der Waals surface area contributed by atoms with E-state index in [9.17, 15) is 25.2 Å². The maximum Gasteiger partial charge on any atom is 0.495 e. The van der Waals surface area contributed by atoms with Crippen molar-refractivity contribution in [3.63, 3.8) is 0 Å². The van der Waals surface area contributed by atoms with Gasteiger partial charge in [-0.05, 0) is 67.4 Å². The van der Waals surface area contributed by atoms with Gasteiger partial charge in [0.1, 0.15) is 12.1 Å². The molecular formula is C20H32BN2O7-. The number of carboxylic acid groups (broad SMARTS) is 1. The molecule has 0 aromatic heterocycles. The van der Waals surface area contributed by atoms with Crippen molar-refractivity contribution in [3.8, 4) is 0 Å². The van der Waals surface area contributed by atoms with E-state index in [1.165, 1.54) is 7.05 Å². The quantitative estimate of drug-likeness (QED) is 0.319. The lowest BCUT2D eigenvalue weighted by Gasteiger charge is -2.29. The van der Waals surface area contributed by atoms with E-state index in [4.69, 9.17) is 15.0 Å². The molecule has 168 valence electrons. The predicted octanol–water partition coefficient (Wildman–Crippen LogP) is -0.929. The zero-order chi connectivity index (χ0) is 22.7. The molecule has 0 amide bonds. The highest BCUT2D eigenvalue weighted by atomic mass is 16.7. The largest absolute Gasteiger partial charge is 0.663 e. The van der Waals surface area contributed by atoms with Crippen molar-refractivity contribution in [3.05, 3.63) is 33.1 Å². The van der Waals surface area contributed by atoms with Gasteiger partial charge in [0.25, 0.3) is 0 Å². The number of likely N-dealkylation sites (N-methyl/N-ethyl adjacent to an activating group) is 1. The number of carbonyl (C=O) groups is 1. The normalized spacial score (nSPS) is 22.2. The number of aliphatic carboxylic acids is 1. The Morgan fingerprint density at radius 2 is 1.70 bits per heavy atom. The highest BCUT2D eigenvalue weighted by Gasteiger charge is 2.46. The maximum absolute atomic E-state index is 11.2. The summed E-state index contributed by atoms with van der Waals surface area (Å²) in [5.74, 6) is -1.06. The first-order valence-corrected chi connectivity index (χ1v) is 9.96. The number of hydrogen-bond donors (Lipinski definition) is 5. The summed E-state index contributed by atoms with van der Waals surface area (Å²) in [6.45, 7) is 7.23. The second kappa shape index (κ2) is 10.2. The topological polar surface area (TPSA) is 157 Å². The first-order chi connectivity index (χ1) is 14.0. The third-order valence-corrected chi connectivity index (χ3v) is 6.04. The van der Waals surface area contributed by atoms with E-state index in [0.29, 0.717) is 0 Å². The number of nitrogens with zero attached hydrogens (tertiary/aromatic N) is 1. The van der Waals surface area contributed by atoms with Gasteiger partial charge in [0, 0.05) is 0 Å². The summed E-state index contributed by atoms with van der Waals surface area (Å²) in [5.41, 5.74) is 10.9. The summed E-state index contributed by atoms with van der Waals surface area (Å²) < 4.78 is 11.9. The Kier molecular flexibility index (Phi) is 8.40. The molecule has 2 rings (SSSR count). The lowest BCUT2D eigenvalue weighted by molar-refractivity contribution is -0.138. The summed E-state index contributed by atoms with van der Waals surface area (Å²) in [7, 11) is 0.692. The van der Waals surface area contributed by atoms with E-state index in [0.717, 1.165) is 33.3 Å². The molecule has 6 N–H and O–H groups in total. The summed E-state index contributed by atoms with van der Waals surface area (Å²) >= 11 is 0. The first kappa shape index (κ1) is 24.7. The molecule has 0 aliphatic carbocycles. The Labute approximate surface area is 177 Å². The second-order valence-corrected chi connectivity index (χ2v) is 7.89. The third kappa shape index (κ3) is 4.86. The highest BCUT2D eigenvalue weighted by molar-refractivity contribution is 6.63. The fraction of sp³-hybridized carbons (Fsp3) is 0.650. The summed E-state index contributed by atoms with van der Waals surface area (Å²) in [4.78, 5) is 11.2. The number of aliphatic hydroxyl groups is 3. The molecule has 1 fully saturated rings. The maximum atomic E-state index is 11.2. The van der Waals surface area contributed by atoms with Gasteiger partial charge in [-0.25, -0.2) is 0 Å². The molecule has 0 spiro atoms. The van der Waals surface area contributed by atoms with Gasteiger partial charge >= 0.3 is 13.1 Å². The molecular weight excluding hydrogens is 391 g/mol. The highest BCUT2D eigenvalue weighted by Crippen LogP contribution is 2.27. The van der Waals surface area contributed by atoms with Crippen LogP contribution < -0.4 is 11.2 Å². The molecule has 1 aliphatic heterocycles. The molecule has 9 nitrogen and oxygen atoms in total. The second-order valence-electron chi connectivity index (χ2n) is 7.89. The predicted molar refractivity (Wildman–Crippen MR) is 113 cm³/mol. The van der Waals surface area contributed by atoms with Gasteiger partial charge in [-0.1, -0.05) is 0 Å². The van der Waals surface area contributed by atoms with Crippen LogP contribution in [0.1, 0.15) is 27.8 Å². The van der Waals surface area contributed by atoms with Crippen LogP contribution in [0, 0.1) is 27.7 Å². The van der Waals surface area contributed by atoms with Crippen molar-refractivity contribution in [2.75, 3.05) is 20.2 Å². The van der Waals surface area contributed by atoms with Gasteiger partial charge in [0.2, 0.25) is 0 Å². The van der Waals surface area contributed by atoms with Crippen LogP contribution >= 0.6 is 0 Å². The lowest BCUT2D eigenvalue weighted by Crippen LogP contribution is -2.46. The van der Waals surface area contributed by atoms with Crippen LogP contribution in [0.4, 0.5) is 0 Å². The number of rotatable bonds is 9. The molecule has 1 aromatic carbocycles. The van der Waals surface area contributed by atoms with Gasteiger partial charge in [-0.2, -0.15) is 7.05 Å². The van der Waals surface area contributed by atoms with Crippen LogP contribution in [0.25, 0.3) is 5.32 Å². The molecule has 30 heavy (non-hydrogen) atoms. The summed E-state index contributed by atoms with van der Waals surface area (Å²) in [6, 6.07) is -1.00. The standard InChI is InChI=1S/C20H32BN2O7/c1-9-11(3)17(12(4)10(2)13(9)6-14(22)20(27)28)21-29-16(8-24)19(30-21)18(26)15(25)7-23-5/h14-16,18-19,24-26H,6-8,22H2,1-5H3,(H,27,28)/q-1/t14?,15-,16+,18+,19+/m0/s1.